The Hall–Kier alpha value is -2.27. The van der Waals surface area contributed by atoms with Crippen molar-refractivity contribution in [3.05, 3.63) is 54.6 Å². The molecule has 5 heteroatoms. The van der Waals surface area contributed by atoms with Crippen molar-refractivity contribution >= 4 is 0 Å². The summed E-state index contributed by atoms with van der Waals surface area (Å²) in [7, 11) is 1.64. The van der Waals surface area contributed by atoms with E-state index in [1.165, 1.54) is 0 Å². The van der Waals surface area contributed by atoms with Crippen molar-refractivity contribution in [2.75, 3.05) is 20.3 Å². The number of nitrogens with zero attached hydrogens (tertiary/aromatic N) is 2. The summed E-state index contributed by atoms with van der Waals surface area (Å²) in [6.07, 6.45) is 5.56. The van der Waals surface area contributed by atoms with Crippen LogP contribution in [0.4, 0.5) is 0 Å². The molecular formula is C17H23N3O2. The van der Waals surface area contributed by atoms with Crippen LogP contribution in [0.2, 0.25) is 0 Å². The lowest BCUT2D eigenvalue weighted by molar-refractivity contribution is 0.319. The van der Waals surface area contributed by atoms with Gasteiger partial charge in [-0.05, 0) is 30.2 Å². The molecule has 0 aliphatic rings. The highest BCUT2D eigenvalue weighted by Crippen LogP contribution is 2.28. The lowest BCUT2D eigenvalue weighted by Gasteiger charge is -2.13. The molecule has 0 aliphatic heterocycles. The number of aromatic nitrogens is 2. The Bertz CT molecular complexity index is 594. The monoisotopic (exact) mass is 301 g/mol. The minimum atomic E-state index is 0.494. The first kappa shape index (κ1) is 16.1. The molecule has 22 heavy (non-hydrogen) atoms. The summed E-state index contributed by atoms with van der Waals surface area (Å²) >= 11 is 0. The van der Waals surface area contributed by atoms with Gasteiger partial charge in [-0.25, -0.2) is 4.98 Å². The molecule has 1 heterocycles. The molecule has 0 bridgehead atoms. The molecule has 118 valence electrons. The number of benzene rings is 1. The first-order valence-corrected chi connectivity index (χ1v) is 7.29. The summed E-state index contributed by atoms with van der Waals surface area (Å²) in [5, 5.41) is 3.41. The van der Waals surface area contributed by atoms with E-state index >= 15 is 0 Å². The van der Waals surface area contributed by atoms with Crippen LogP contribution in [0.1, 0.15) is 12.5 Å². The quantitative estimate of drug-likeness (QED) is 0.571. The van der Waals surface area contributed by atoms with Crippen LogP contribution in [0, 0.1) is 0 Å². The Morgan fingerprint density at radius 1 is 1.36 bits per heavy atom. The van der Waals surface area contributed by atoms with Gasteiger partial charge in [0.05, 0.1) is 13.4 Å². The number of nitrogens with one attached hydrogen (secondary N) is 1. The minimum Gasteiger partial charge on any atom is -0.493 e. The van der Waals surface area contributed by atoms with E-state index in [2.05, 4.69) is 16.9 Å². The molecule has 0 amide bonds. The van der Waals surface area contributed by atoms with Gasteiger partial charge in [-0.15, -0.1) is 0 Å². The van der Waals surface area contributed by atoms with Crippen molar-refractivity contribution in [1.29, 1.82) is 0 Å². The molecular weight excluding hydrogens is 278 g/mol. The lowest BCUT2D eigenvalue weighted by Crippen LogP contribution is -2.19. The van der Waals surface area contributed by atoms with E-state index < -0.39 is 0 Å². The summed E-state index contributed by atoms with van der Waals surface area (Å²) in [6.45, 7) is 8.84. The maximum absolute atomic E-state index is 5.73. The van der Waals surface area contributed by atoms with Crippen molar-refractivity contribution in [2.24, 2.45) is 0 Å². The third-order valence-corrected chi connectivity index (χ3v) is 3.14. The van der Waals surface area contributed by atoms with Gasteiger partial charge < -0.3 is 19.4 Å². The molecule has 0 saturated heterocycles. The van der Waals surface area contributed by atoms with Gasteiger partial charge in [-0.1, -0.05) is 12.6 Å². The number of imidazole rings is 1. The zero-order chi connectivity index (χ0) is 15.8. The zero-order valence-electron chi connectivity index (χ0n) is 13.2. The van der Waals surface area contributed by atoms with E-state index in [0.717, 1.165) is 42.3 Å². The summed E-state index contributed by atoms with van der Waals surface area (Å²) in [5.41, 5.74) is 2.13. The summed E-state index contributed by atoms with van der Waals surface area (Å²) in [4.78, 5) is 4.02. The third kappa shape index (κ3) is 4.93. The Kier molecular flexibility index (Phi) is 6.03. The average molecular weight is 301 g/mol. The molecule has 0 atom stereocenters. The molecule has 1 N–H and O–H groups in total. The van der Waals surface area contributed by atoms with Gasteiger partial charge in [0.15, 0.2) is 11.5 Å². The van der Waals surface area contributed by atoms with E-state index in [-0.39, 0.29) is 0 Å². The Morgan fingerprint density at radius 3 is 2.91 bits per heavy atom. The fourth-order valence-electron chi connectivity index (χ4n) is 2.00. The molecule has 2 rings (SSSR count). The molecule has 0 fully saturated rings. The zero-order valence-corrected chi connectivity index (χ0v) is 13.2. The van der Waals surface area contributed by atoms with Crippen LogP contribution in [-0.2, 0) is 13.1 Å². The highest BCUT2D eigenvalue weighted by molar-refractivity contribution is 5.43. The fourth-order valence-corrected chi connectivity index (χ4v) is 2.00. The number of ether oxygens (including phenoxy) is 2. The highest BCUT2D eigenvalue weighted by atomic mass is 16.5. The molecule has 0 aliphatic carbocycles. The van der Waals surface area contributed by atoms with E-state index in [0.29, 0.717) is 6.61 Å². The maximum atomic E-state index is 5.73. The normalized spacial score (nSPS) is 10.5. The Labute approximate surface area is 131 Å². The second-order valence-electron chi connectivity index (χ2n) is 5.21. The molecule has 0 radical (unpaired) electrons. The minimum absolute atomic E-state index is 0.494. The van der Waals surface area contributed by atoms with Crippen molar-refractivity contribution < 1.29 is 9.47 Å². The molecule has 0 saturated carbocycles. The van der Waals surface area contributed by atoms with Crippen LogP contribution in [-0.4, -0.2) is 29.8 Å². The van der Waals surface area contributed by atoms with Crippen LogP contribution < -0.4 is 14.8 Å². The number of methoxy groups -OCH3 is 1. The average Bonchev–Trinajstić information content (AvgIpc) is 3.03. The summed E-state index contributed by atoms with van der Waals surface area (Å²) in [5.74, 6) is 1.49. The van der Waals surface area contributed by atoms with Crippen molar-refractivity contribution in [3.63, 3.8) is 0 Å². The lowest BCUT2D eigenvalue weighted by atomic mass is 10.2. The number of hydrogen-bond acceptors (Lipinski definition) is 4. The van der Waals surface area contributed by atoms with Crippen molar-refractivity contribution in [3.8, 4) is 11.5 Å². The standard InChI is InChI=1S/C17H23N3O2/c1-14(2)12-22-17-10-15(4-5-16(17)21-3)11-18-6-8-20-9-7-19-13-20/h4-5,7,9-10,13,18H,1,6,8,11-12H2,2-3H3. The van der Waals surface area contributed by atoms with Gasteiger partial charge >= 0.3 is 0 Å². The molecule has 1 aromatic heterocycles. The molecule has 1 aromatic carbocycles. The van der Waals surface area contributed by atoms with Crippen LogP contribution in [0.5, 0.6) is 11.5 Å². The molecule has 2 aromatic rings. The number of hydrogen-bond donors (Lipinski definition) is 1. The maximum Gasteiger partial charge on any atom is 0.161 e. The van der Waals surface area contributed by atoms with Crippen molar-refractivity contribution in [2.45, 2.75) is 20.0 Å². The topological polar surface area (TPSA) is 48.3 Å². The van der Waals surface area contributed by atoms with Crippen LogP contribution >= 0.6 is 0 Å². The molecule has 5 nitrogen and oxygen atoms in total. The van der Waals surface area contributed by atoms with Crippen LogP contribution in [0.3, 0.4) is 0 Å². The largest absolute Gasteiger partial charge is 0.493 e. The van der Waals surface area contributed by atoms with Gasteiger partial charge in [0, 0.05) is 32.0 Å². The smallest absolute Gasteiger partial charge is 0.161 e. The van der Waals surface area contributed by atoms with Gasteiger partial charge in [-0.3, -0.25) is 0 Å². The SMILES string of the molecule is C=C(C)COc1cc(CNCCn2ccnc2)ccc1OC. The Morgan fingerprint density at radius 2 is 2.23 bits per heavy atom. The summed E-state index contributed by atoms with van der Waals surface area (Å²) in [6, 6.07) is 5.98. The van der Waals surface area contributed by atoms with Gasteiger partial charge in [-0.2, -0.15) is 0 Å². The molecule has 0 unspecified atom stereocenters. The predicted octanol–water partition coefficient (Wildman–Crippen LogP) is 2.64. The van der Waals surface area contributed by atoms with Crippen LogP contribution in [0.15, 0.2) is 49.1 Å². The number of rotatable bonds is 9. The second-order valence-corrected chi connectivity index (χ2v) is 5.21. The van der Waals surface area contributed by atoms with E-state index in [1.54, 1.807) is 13.3 Å². The van der Waals surface area contributed by atoms with Gasteiger partial charge in [0.2, 0.25) is 0 Å². The van der Waals surface area contributed by atoms with Crippen LogP contribution in [0.25, 0.3) is 0 Å². The van der Waals surface area contributed by atoms with E-state index in [4.69, 9.17) is 9.47 Å². The van der Waals surface area contributed by atoms with Gasteiger partial charge in [0.1, 0.15) is 6.61 Å². The third-order valence-electron chi connectivity index (χ3n) is 3.14. The Balaban J connectivity index is 1.87. The second kappa shape index (κ2) is 8.24. The first-order valence-electron chi connectivity index (χ1n) is 7.29. The van der Waals surface area contributed by atoms with Crippen molar-refractivity contribution in [1.82, 2.24) is 14.9 Å². The molecule has 0 spiro atoms. The fraction of sp³-hybridized carbons (Fsp3) is 0.353. The summed E-state index contributed by atoms with van der Waals surface area (Å²) < 4.78 is 13.1. The van der Waals surface area contributed by atoms with E-state index in [9.17, 15) is 0 Å². The predicted molar refractivity (Wildman–Crippen MR) is 87.2 cm³/mol. The first-order chi connectivity index (χ1) is 10.7. The van der Waals surface area contributed by atoms with E-state index in [1.807, 2.05) is 42.2 Å². The van der Waals surface area contributed by atoms with Gasteiger partial charge in [0.25, 0.3) is 0 Å². The highest BCUT2D eigenvalue weighted by Gasteiger charge is 2.06.